The number of benzene rings is 1. The molecule has 2 atom stereocenters. The van der Waals surface area contributed by atoms with Crippen LogP contribution in [0.4, 0.5) is 4.39 Å². The molecule has 2 unspecified atom stereocenters. The molecule has 0 aromatic heterocycles. The first-order valence-electron chi connectivity index (χ1n) is 4.90. The Bertz CT molecular complexity index is 391. The lowest BCUT2D eigenvalue weighted by atomic mass is 10.1. The number of aliphatic hydroxyl groups excluding tert-OH is 1. The summed E-state index contributed by atoms with van der Waals surface area (Å²) < 4.78 is 18.0. The molecule has 0 radical (unpaired) electrons. The lowest BCUT2D eigenvalue weighted by Gasteiger charge is -2.15. The van der Waals surface area contributed by atoms with Crippen molar-refractivity contribution in [3.05, 3.63) is 33.8 Å². The summed E-state index contributed by atoms with van der Waals surface area (Å²) in [5, 5.41) is 10.1. The summed E-state index contributed by atoms with van der Waals surface area (Å²) in [6.07, 6.45) is -3.81. The van der Waals surface area contributed by atoms with Crippen molar-refractivity contribution < 1.29 is 19.0 Å². The number of alkyl halides is 1. The van der Waals surface area contributed by atoms with Crippen molar-refractivity contribution >= 4 is 29.2 Å². The summed E-state index contributed by atoms with van der Waals surface area (Å²) in [4.78, 5) is 11.1. The minimum atomic E-state index is -2.16. The SMILES string of the molecule is CCOC(=O)C(F)C(O)c1cc(Cl)cc(Cl)c1. The highest BCUT2D eigenvalue weighted by Gasteiger charge is 2.29. The van der Waals surface area contributed by atoms with E-state index in [1.165, 1.54) is 18.2 Å². The van der Waals surface area contributed by atoms with Crippen LogP contribution in [-0.4, -0.2) is 23.9 Å². The normalized spacial score (nSPS) is 14.2. The molecule has 1 N–H and O–H groups in total. The van der Waals surface area contributed by atoms with Gasteiger partial charge >= 0.3 is 5.97 Å². The third-order valence-corrected chi connectivity index (χ3v) is 2.45. The Morgan fingerprint density at radius 1 is 1.41 bits per heavy atom. The molecule has 94 valence electrons. The maximum atomic E-state index is 13.5. The zero-order valence-electron chi connectivity index (χ0n) is 8.99. The molecule has 1 aromatic carbocycles. The molecule has 0 amide bonds. The van der Waals surface area contributed by atoms with Gasteiger partial charge in [0.25, 0.3) is 0 Å². The van der Waals surface area contributed by atoms with Crippen molar-refractivity contribution in [2.24, 2.45) is 0 Å². The van der Waals surface area contributed by atoms with E-state index in [4.69, 9.17) is 23.2 Å². The number of carbonyl (C=O) groups is 1. The molecule has 0 saturated heterocycles. The van der Waals surface area contributed by atoms with E-state index in [0.29, 0.717) is 0 Å². The van der Waals surface area contributed by atoms with Gasteiger partial charge in [0.05, 0.1) is 6.61 Å². The van der Waals surface area contributed by atoms with E-state index in [1.54, 1.807) is 6.92 Å². The van der Waals surface area contributed by atoms with Gasteiger partial charge in [-0.2, -0.15) is 0 Å². The first-order chi connectivity index (χ1) is 7.95. The minimum absolute atomic E-state index is 0.0439. The number of carbonyl (C=O) groups excluding carboxylic acids is 1. The first kappa shape index (κ1) is 14.2. The lowest BCUT2D eigenvalue weighted by Crippen LogP contribution is -2.26. The third kappa shape index (κ3) is 3.84. The van der Waals surface area contributed by atoms with Crippen molar-refractivity contribution in [2.45, 2.75) is 19.2 Å². The van der Waals surface area contributed by atoms with Crippen molar-refractivity contribution in [2.75, 3.05) is 6.61 Å². The molecule has 0 saturated carbocycles. The first-order valence-corrected chi connectivity index (χ1v) is 5.66. The van der Waals surface area contributed by atoms with E-state index in [-0.39, 0.29) is 22.2 Å². The van der Waals surface area contributed by atoms with Gasteiger partial charge in [0, 0.05) is 10.0 Å². The summed E-state index contributed by atoms with van der Waals surface area (Å²) in [7, 11) is 0. The third-order valence-electron chi connectivity index (χ3n) is 2.02. The monoisotopic (exact) mass is 280 g/mol. The molecule has 0 aliphatic rings. The molecule has 0 spiro atoms. The average Bonchev–Trinajstić information content (AvgIpc) is 2.26. The second-order valence-electron chi connectivity index (χ2n) is 3.30. The van der Waals surface area contributed by atoms with Crippen LogP contribution in [-0.2, 0) is 9.53 Å². The second-order valence-corrected chi connectivity index (χ2v) is 4.17. The summed E-state index contributed by atoms with van der Waals surface area (Å²) in [6.45, 7) is 1.59. The highest BCUT2D eigenvalue weighted by Crippen LogP contribution is 2.26. The van der Waals surface area contributed by atoms with Gasteiger partial charge in [-0.3, -0.25) is 0 Å². The fourth-order valence-corrected chi connectivity index (χ4v) is 1.81. The van der Waals surface area contributed by atoms with E-state index in [1.807, 2.05) is 0 Å². The fourth-order valence-electron chi connectivity index (χ4n) is 1.27. The molecule has 0 aliphatic heterocycles. The maximum Gasteiger partial charge on any atom is 0.343 e. The number of hydrogen-bond donors (Lipinski definition) is 1. The van der Waals surface area contributed by atoms with Gasteiger partial charge in [-0.05, 0) is 30.7 Å². The molecule has 0 aliphatic carbocycles. The minimum Gasteiger partial charge on any atom is -0.464 e. The quantitative estimate of drug-likeness (QED) is 0.863. The Kier molecular flexibility index (Phi) is 5.18. The van der Waals surface area contributed by atoms with Crippen molar-refractivity contribution in [1.82, 2.24) is 0 Å². The van der Waals surface area contributed by atoms with Crippen LogP contribution in [0.15, 0.2) is 18.2 Å². The molecule has 6 heteroatoms. The topological polar surface area (TPSA) is 46.5 Å². The number of hydrogen-bond acceptors (Lipinski definition) is 3. The highest BCUT2D eigenvalue weighted by molar-refractivity contribution is 6.34. The van der Waals surface area contributed by atoms with Crippen LogP contribution in [0.1, 0.15) is 18.6 Å². The molecular formula is C11H11Cl2FO3. The van der Waals surface area contributed by atoms with Crippen LogP contribution >= 0.6 is 23.2 Å². The zero-order chi connectivity index (χ0) is 13.0. The molecule has 0 fully saturated rings. The smallest absolute Gasteiger partial charge is 0.343 e. The molecule has 0 bridgehead atoms. The van der Waals surface area contributed by atoms with Crippen LogP contribution < -0.4 is 0 Å². The molecule has 1 rings (SSSR count). The summed E-state index contributed by atoms with van der Waals surface area (Å²) in [5.74, 6) is -1.11. The number of ether oxygens (including phenoxy) is 1. The van der Waals surface area contributed by atoms with Gasteiger partial charge in [-0.15, -0.1) is 0 Å². The number of halogens is 3. The van der Waals surface area contributed by atoms with Crippen molar-refractivity contribution in [3.63, 3.8) is 0 Å². The predicted octanol–water partition coefficient (Wildman–Crippen LogP) is 2.93. The standard InChI is InChI=1S/C11H11Cl2FO3/c1-2-17-11(16)9(14)10(15)6-3-7(12)5-8(13)4-6/h3-5,9-10,15H,2H2,1H3. The van der Waals surface area contributed by atoms with Gasteiger partial charge in [-0.25, -0.2) is 9.18 Å². The maximum absolute atomic E-state index is 13.5. The van der Waals surface area contributed by atoms with Crippen LogP contribution in [0.25, 0.3) is 0 Å². The molecule has 0 heterocycles. The molecule has 1 aromatic rings. The van der Waals surface area contributed by atoms with Crippen molar-refractivity contribution in [3.8, 4) is 0 Å². The van der Waals surface area contributed by atoms with Crippen LogP contribution in [0.5, 0.6) is 0 Å². The Morgan fingerprint density at radius 2 is 1.94 bits per heavy atom. The summed E-state index contributed by atoms with van der Waals surface area (Å²) in [6, 6.07) is 4.12. The molecular weight excluding hydrogens is 270 g/mol. The Hall–Kier alpha value is -0.840. The number of esters is 1. The summed E-state index contributed by atoms with van der Waals surface area (Å²) in [5.41, 5.74) is 0.128. The van der Waals surface area contributed by atoms with Gasteiger partial charge in [0.1, 0.15) is 6.10 Å². The van der Waals surface area contributed by atoms with E-state index in [9.17, 15) is 14.3 Å². The molecule has 17 heavy (non-hydrogen) atoms. The number of rotatable bonds is 4. The van der Waals surface area contributed by atoms with E-state index in [2.05, 4.69) is 4.74 Å². The molecule has 3 nitrogen and oxygen atoms in total. The Balaban J connectivity index is 2.87. The van der Waals surface area contributed by atoms with E-state index >= 15 is 0 Å². The largest absolute Gasteiger partial charge is 0.464 e. The zero-order valence-corrected chi connectivity index (χ0v) is 10.5. The van der Waals surface area contributed by atoms with E-state index in [0.717, 1.165) is 0 Å². The van der Waals surface area contributed by atoms with Crippen LogP contribution in [0, 0.1) is 0 Å². The van der Waals surface area contributed by atoms with Crippen LogP contribution in [0.3, 0.4) is 0 Å². The highest BCUT2D eigenvalue weighted by atomic mass is 35.5. The van der Waals surface area contributed by atoms with E-state index < -0.39 is 18.2 Å². The van der Waals surface area contributed by atoms with Crippen molar-refractivity contribution in [1.29, 1.82) is 0 Å². The lowest BCUT2D eigenvalue weighted by molar-refractivity contribution is -0.153. The van der Waals surface area contributed by atoms with Gasteiger partial charge < -0.3 is 9.84 Å². The Morgan fingerprint density at radius 3 is 2.41 bits per heavy atom. The summed E-state index contributed by atoms with van der Waals surface area (Å²) >= 11 is 11.4. The predicted molar refractivity (Wildman–Crippen MR) is 63.0 cm³/mol. The van der Waals surface area contributed by atoms with Gasteiger partial charge in [-0.1, -0.05) is 23.2 Å². The number of aliphatic hydroxyl groups is 1. The van der Waals surface area contributed by atoms with Gasteiger partial charge in [0.15, 0.2) is 0 Å². The fraction of sp³-hybridized carbons (Fsp3) is 0.364. The van der Waals surface area contributed by atoms with Gasteiger partial charge in [0.2, 0.25) is 6.17 Å². The Labute approximate surface area is 108 Å². The van der Waals surface area contributed by atoms with Crippen LogP contribution in [0.2, 0.25) is 10.0 Å². The average molecular weight is 281 g/mol. The second kappa shape index (κ2) is 6.19.